The van der Waals surface area contributed by atoms with Crippen molar-refractivity contribution in [1.82, 2.24) is 9.62 Å². The van der Waals surface area contributed by atoms with E-state index in [4.69, 9.17) is 0 Å². The van der Waals surface area contributed by atoms with Crippen molar-refractivity contribution in [3.8, 4) is 0 Å². The molecule has 0 saturated carbocycles. The molecule has 2 bridgehead atoms. The number of amides is 1. The van der Waals surface area contributed by atoms with E-state index in [9.17, 15) is 13.2 Å². The van der Waals surface area contributed by atoms with Gasteiger partial charge in [0.2, 0.25) is 15.9 Å². The lowest BCUT2D eigenvalue weighted by Gasteiger charge is -2.38. The summed E-state index contributed by atoms with van der Waals surface area (Å²) in [6, 6.07) is 0.250. The summed E-state index contributed by atoms with van der Waals surface area (Å²) in [5, 5.41) is 3.07. The van der Waals surface area contributed by atoms with Crippen molar-refractivity contribution in [1.29, 1.82) is 0 Å². The molecule has 110 valence electrons. The Bertz CT molecular complexity index is 453. The van der Waals surface area contributed by atoms with Crippen molar-refractivity contribution in [2.24, 2.45) is 5.41 Å². The molecule has 0 aromatic carbocycles. The Morgan fingerprint density at radius 1 is 1.16 bits per heavy atom. The minimum absolute atomic E-state index is 0.0460. The lowest BCUT2D eigenvalue weighted by Crippen LogP contribution is -2.53. The van der Waals surface area contributed by atoms with Crippen LogP contribution in [0.3, 0.4) is 0 Å². The second kappa shape index (κ2) is 4.74. The smallest absolute Gasteiger partial charge is 0.225 e. The zero-order valence-electron chi connectivity index (χ0n) is 12.1. The fourth-order valence-corrected chi connectivity index (χ4v) is 4.66. The molecule has 2 aliphatic rings. The van der Waals surface area contributed by atoms with E-state index in [0.29, 0.717) is 0 Å². The van der Waals surface area contributed by atoms with Gasteiger partial charge in [0, 0.05) is 23.5 Å². The van der Waals surface area contributed by atoms with Crippen molar-refractivity contribution in [2.75, 3.05) is 6.26 Å². The molecule has 0 aromatic rings. The third-order valence-corrected chi connectivity index (χ3v) is 5.43. The molecule has 5 nitrogen and oxygen atoms in total. The van der Waals surface area contributed by atoms with E-state index < -0.39 is 15.4 Å². The largest absolute Gasteiger partial charge is 0.353 e. The van der Waals surface area contributed by atoms with E-state index in [0.717, 1.165) is 25.7 Å². The van der Waals surface area contributed by atoms with Gasteiger partial charge in [-0.25, -0.2) is 8.42 Å². The summed E-state index contributed by atoms with van der Waals surface area (Å²) >= 11 is 0. The average molecular weight is 288 g/mol. The maximum absolute atomic E-state index is 12.0. The molecular weight excluding hydrogens is 264 g/mol. The first-order chi connectivity index (χ1) is 8.59. The summed E-state index contributed by atoms with van der Waals surface area (Å²) in [6.07, 6.45) is 4.60. The van der Waals surface area contributed by atoms with Gasteiger partial charge in [0.25, 0.3) is 0 Å². The molecule has 1 amide bonds. The molecule has 2 fully saturated rings. The van der Waals surface area contributed by atoms with E-state index in [1.54, 1.807) is 4.31 Å². The molecule has 0 radical (unpaired) electrons. The number of fused-ring (bicyclic) bond motifs is 2. The van der Waals surface area contributed by atoms with Crippen LogP contribution < -0.4 is 5.32 Å². The highest BCUT2D eigenvalue weighted by molar-refractivity contribution is 7.88. The van der Waals surface area contributed by atoms with Crippen LogP contribution >= 0.6 is 0 Å². The van der Waals surface area contributed by atoms with Gasteiger partial charge in [-0.3, -0.25) is 4.79 Å². The van der Waals surface area contributed by atoms with Crippen LogP contribution in [0, 0.1) is 5.41 Å². The van der Waals surface area contributed by atoms with Crippen LogP contribution in [0.2, 0.25) is 0 Å². The predicted molar refractivity (Wildman–Crippen MR) is 74.1 cm³/mol. The summed E-state index contributed by atoms with van der Waals surface area (Å²) < 4.78 is 25.2. The molecule has 19 heavy (non-hydrogen) atoms. The Hall–Kier alpha value is -0.620. The predicted octanol–water partition coefficient (Wildman–Crippen LogP) is 1.10. The average Bonchev–Trinajstić information content (AvgIpc) is 2.50. The van der Waals surface area contributed by atoms with E-state index in [-0.39, 0.29) is 24.0 Å². The number of nitrogens with zero attached hydrogens (tertiary/aromatic N) is 1. The third kappa shape index (κ3) is 3.11. The van der Waals surface area contributed by atoms with E-state index >= 15 is 0 Å². The molecule has 0 aromatic heterocycles. The molecule has 2 rings (SSSR count). The van der Waals surface area contributed by atoms with Gasteiger partial charge in [0.1, 0.15) is 0 Å². The van der Waals surface area contributed by atoms with Crippen molar-refractivity contribution in [2.45, 2.75) is 64.6 Å². The van der Waals surface area contributed by atoms with E-state index in [1.165, 1.54) is 6.26 Å². The Balaban J connectivity index is 2.03. The highest BCUT2D eigenvalue weighted by Gasteiger charge is 2.45. The van der Waals surface area contributed by atoms with Crippen molar-refractivity contribution < 1.29 is 13.2 Å². The van der Waals surface area contributed by atoms with Gasteiger partial charge in [0.15, 0.2) is 0 Å². The van der Waals surface area contributed by atoms with E-state index in [2.05, 4.69) is 5.32 Å². The van der Waals surface area contributed by atoms with Crippen LogP contribution in [0.4, 0.5) is 0 Å². The number of sulfonamides is 1. The van der Waals surface area contributed by atoms with Gasteiger partial charge in [-0.15, -0.1) is 0 Å². The molecule has 0 spiro atoms. The second-order valence-corrected chi connectivity index (χ2v) is 8.76. The fourth-order valence-electron chi connectivity index (χ4n) is 3.20. The lowest BCUT2D eigenvalue weighted by atomic mass is 9.93. The standard InChI is InChI=1S/C13H24N2O3S/c1-13(2,3)12(16)14-9-7-10-5-6-11(8-9)15(10)19(4,17)18/h9-11H,5-8H2,1-4H3,(H,14,16). The monoisotopic (exact) mass is 288 g/mol. The van der Waals surface area contributed by atoms with Crippen LogP contribution in [0.25, 0.3) is 0 Å². The molecule has 1 N–H and O–H groups in total. The van der Waals surface area contributed by atoms with Crippen molar-refractivity contribution in [3.05, 3.63) is 0 Å². The van der Waals surface area contributed by atoms with Gasteiger partial charge < -0.3 is 5.32 Å². The molecule has 2 atom stereocenters. The Kier molecular flexibility index (Phi) is 3.68. The van der Waals surface area contributed by atoms with Crippen LogP contribution in [0.15, 0.2) is 0 Å². The minimum atomic E-state index is -3.12. The fraction of sp³-hybridized carbons (Fsp3) is 0.923. The van der Waals surface area contributed by atoms with Crippen LogP contribution in [-0.4, -0.2) is 43.0 Å². The molecule has 2 heterocycles. The Morgan fingerprint density at radius 3 is 2.00 bits per heavy atom. The zero-order valence-corrected chi connectivity index (χ0v) is 13.0. The van der Waals surface area contributed by atoms with Crippen LogP contribution in [0.1, 0.15) is 46.5 Å². The van der Waals surface area contributed by atoms with E-state index in [1.807, 2.05) is 20.8 Å². The SMILES string of the molecule is CC(C)(C)C(=O)NC1CC2CCC(C1)N2S(C)(=O)=O. The maximum atomic E-state index is 12.0. The number of hydrogen-bond donors (Lipinski definition) is 1. The van der Waals surface area contributed by atoms with Gasteiger partial charge in [-0.05, 0) is 25.7 Å². The van der Waals surface area contributed by atoms with Gasteiger partial charge in [0.05, 0.1) is 6.26 Å². The first-order valence-corrected chi connectivity index (χ1v) is 8.73. The molecule has 2 unspecified atom stereocenters. The van der Waals surface area contributed by atoms with Gasteiger partial charge in [-0.1, -0.05) is 20.8 Å². The summed E-state index contributed by atoms with van der Waals surface area (Å²) in [5.41, 5.74) is -0.396. The van der Waals surface area contributed by atoms with Crippen molar-refractivity contribution in [3.63, 3.8) is 0 Å². The quantitative estimate of drug-likeness (QED) is 0.827. The third-order valence-electron chi connectivity index (χ3n) is 4.07. The Labute approximate surface area is 115 Å². The highest BCUT2D eigenvalue weighted by atomic mass is 32.2. The minimum Gasteiger partial charge on any atom is -0.353 e. The highest BCUT2D eigenvalue weighted by Crippen LogP contribution is 2.37. The summed E-state index contributed by atoms with van der Waals surface area (Å²) in [5.74, 6) is 0.0460. The molecular formula is C13H24N2O3S. The number of rotatable bonds is 2. The summed E-state index contributed by atoms with van der Waals surface area (Å²) in [6.45, 7) is 5.67. The number of piperidine rings is 1. The maximum Gasteiger partial charge on any atom is 0.225 e. The normalized spacial score (nSPS) is 32.3. The first kappa shape index (κ1) is 14.8. The van der Waals surface area contributed by atoms with Crippen LogP contribution in [0.5, 0.6) is 0 Å². The number of carbonyl (C=O) groups is 1. The summed E-state index contributed by atoms with van der Waals surface area (Å²) in [4.78, 5) is 12.0. The molecule has 2 aliphatic heterocycles. The topological polar surface area (TPSA) is 66.5 Å². The van der Waals surface area contributed by atoms with Crippen molar-refractivity contribution >= 4 is 15.9 Å². The zero-order chi connectivity index (χ0) is 14.4. The number of nitrogens with one attached hydrogen (secondary N) is 1. The second-order valence-electron chi connectivity index (χ2n) is 6.87. The lowest BCUT2D eigenvalue weighted by molar-refractivity contribution is -0.129. The molecule has 0 aliphatic carbocycles. The number of hydrogen-bond acceptors (Lipinski definition) is 3. The van der Waals surface area contributed by atoms with Crippen LogP contribution in [-0.2, 0) is 14.8 Å². The van der Waals surface area contributed by atoms with Gasteiger partial charge >= 0.3 is 0 Å². The van der Waals surface area contributed by atoms with Gasteiger partial charge in [-0.2, -0.15) is 4.31 Å². The molecule has 2 saturated heterocycles. The summed E-state index contributed by atoms with van der Waals surface area (Å²) in [7, 11) is -3.12. The molecule has 6 heteroatoms. The first-order valence-electron chi connectivity index (χ1n) is 6.88. The number of carbonyl (C=O) groups excluding carboxylic acids is 1. The Morgan fingerprint density at radius 2 is 1.63 bits per heavy atom.